The highest BCUT2D eigenvalue weighted by atomic mass is 35.5. The molecule has 2 aromatic carbocycles. The van der Waals surface area contributed by atoms with Gasteiger partial charge in [0.25, 0.3) is 0 Å². The van der Waals surface area contributed by atoms with Gasteiger partial charge in [0.1, 0.15) is 17.9 Å². The van der Waals surface area contributed by atoms with Crippen molar-refractivity contribution >= 4 is 60.9 Å². The van der Waals surface area contributed by atoms with Gasteiger partial charge < -0.3 is 25.6 Å². The molecule has 0 unspecified atom stereocenters. The number of halogens is 2. The number of likely N-dealkylation sites (tertiary alicyclic amines) is 1. The van der Waals surface area contributed by atoms with Gasteiger partial charge in [-0.1, -0.05) is 35.1 Å². The molecule has 4 aromatic rings. The van der Waals surface area contributed by atoms with Gasteiger partial charge in [0, 0.05) is 48.6 Å². The first-order valence-corrected chi connectivity index (χ1v) is 13.8. The van der Waals surface area contributed by atoms with E-state index in [1.807, 2.05) is 17.0 Å². The number of hydrogen-bond acceptors (Lipinski definition) is 9. The third-order valence-corrected chi connectivity index (χ3v) is 8.38. The minimum Gasteiger partial charge on any atom is -0.462 e. The largest absolute Gasteiger partial charge is 0.462 e. The number of carbonyl (C=O) groups excluding carboxylic acids is 1. The van der Waals surface area contributed by atoms with E-state index in [9.17, 15) is 4.79 Å². The predicted octanol–water partition coefficient (Wildman–Crippen LogP) is 4.08. The van der Waals surface area contributed by atoms with Gasteiger partial charge in [-0.2, -0.15) is 9.97 Å². The number of anilines is 2. The Morgan fingerprint density at radius 3 is 2.92 bits per heavy atom. The van der Waals surface area contributed by atoms with E-state index in [1.54, 1.807) is 12.1 Å². The van der Waals surface area contributed by atoms with Gasteiger partial charge in [0.15, 0.2) is 10.9 Å². The highest BCUT2D eigenvalue weighted by molar-refractivity contribution is 7.22. The van der Waals surface area contributed by atoms with Gasteiger partial charge in [0.05, 0.1) is 15.2 Å². The quantitative estimate of drug-likeness (QED) is 0.379. The number of nitrogen functional groups attached to an aromatic ring is 1. The summed E-state index contributed by atoms with van der Waals surface area (Å²) in [6.07, 6.45) is 2.42. The van der Waals surface area contributed by atoms with E-state index in [4.69, 9.17) is 27.1 Å². The number of hydrogen-bond donors (Lipinski definition) is 2. The lowest BCUT2D eigenvalue weighted by atomic mass is 10.0. The second-order valence-corrected chi connectivity index (χ2v) is 11.1. The molecular formula is C26H27ClFN7O2S. The maximum absolute atomic E-state index is 16.4. The first-order chi connectivity index (χ1) is 18.4. The van der Waals surface area contributed by atoms with E-state index in [0.29, 0.717) is 60.1 Å². The van der Waals surface area contributed by atoms with Crippen LogP contribution in [0, 0.1) is 5.82 Å². The van der Waals surface area contributed by atoms with Crippen LogP contribution in [0.1, 0.15) is 19.3 Å². The van der Waals surface area contributed by atoms with Crippen molar-refractivity contribution in [3.8, 4) is 17.1 Å². The van der Waals surface area contributed by atoms with Gasteiger partial charge in [-0.3, -0.25) is 4.79 Å². The van der Waals surface area contributed by atoms with Crippen molar-refractivity contribution in [3.05, 3.63) is 35.1 Å². The van der Waals surface area contributed by atoms with E-state index in [1.165, 1.54) is 11.3 Å². The van der Waals surface area contributed by atoms with Crippen molar-refractivity contribution in [2.45, 2.75) is 25.3 Å². The number of amides is 1. The van der Waals surface area contributed by atoms with E-state index in [0.717, 1.165) is 24.1 Å². The van der Waals surface area contributed by atoms with Gasteiger partial charge in [-0.15, -0.1) is 0 Å². The summed E-state index contributed by atoms with van der Waals surface area (Å²) in [5, 5.41) is 3.94. The van der Waals surface area contributed by atoms with Crippen LogP contribution in [0.15, 0.2) is 24.3 Å². The van der Waals surface area contributed by atoms with E-state index >= 15 is 4.39 Å². The van der Waals surface area contributed by atoms with Crippen LogP contribution in [0.25, 0.3) is 32.2 Å². The predicted molar refractivity (Wildman–Crippen MR) is 149 cm³/mol. The summed E-state index contributed by atoms with van der Waals surface area (Å²) in [5.74, 6) is -0.124. The minimum atomic E-state index is -0.581. The molecule has 2 aliphatic rings. The number of benzene rings is 2. The van der Waals surface area contributed by atoms with Crippen LogP contribution in [-0.4, -0.2) is 71.6 Å². The first kappa shape index (κ1) is 25.0. The van der Waals surface area contributed by atoms with E-state index in [2.05, 4.69) is 27.2 Å². The number of nitrogens with two attached hydrogens (primary N) is 1. The smallest absolute Gasteiger partial charge is 0.319 e. The monoisotopic (exact) mass is 555 g/mol. The third kappa shape index (κ3) is 4.59. The molecule has 4 heterocycles. The lowest BCUT2D eigenvalue weighted by molar-refractivity contribution is -0.120. The van der Waals surface area contributed by atoms with Crippen molar-refractivity contribution in [2.24, 2.45) is 0 Å². The molecule has 1 atom stereocenters. The summed E-state index contributed by atoms with van der Waals surface area (Å²) in [5.41, 5.74) is 7.38. The van der Waals surface area contributed by atoms with Gasteiger partial charge >= 0.3 is 6.01 Å². The standard InChI is InChI=1S/C26H27ClFN7O2S/c1-34-9-3-4-14(34)13-37-26-32-23-16(24(33-26)35-10-7-19(36)30-8-11-35)12-17(27)20(21(23)28)15-5-2-6-18-22(15)31-25(29)38-18/h2,5-6,12,14H,3-4,7-11,13H2,1H3,(H2,29,31)(H,30,36)/t14-/m0/s1. The van der Waals surface area contributed by atoms with E-state index in [-0.39, 0.29) is 34.1 Å². The van der Waals surface area contributed by atoms with Crippen LogP contribution in [0.5, 0.6) is 6.01 Å². The highest BCUT2D eigenvalue weighted by Crippen LogP contribution is 2.42. The molecular weight excluding hydrogens is 529 g/mol. The highest BCUT2D eigenvalue weighted by Gasteiger charge is 2.26. The lowest BCUT2D eigenvalue weighted by Gasteiger charge is -2.24. The Bertz CT molecular complexity index is 1550. The van der Waals surface area contributed by atoms with Crippen LogP contribution in [0.3, 0.4) is 0 Å². The van der Waals surface area contributed by atoms with Crippen molar-refractivity contribution < 1.29 is 13.9 Å². The molecule has 2 aromatic heterocycles. The molecule has 2 fully saturated rings. The fourth-order valence-electron chi connectivity index (χ4n) is 5.22. The lowest BCUT2D eigenvalue weighted by Crippen LogP contribution is -2.31. The molecule has 198 valence electrons. The molecule has 3 N–H and O–H groups in total. The summed E-state index contributed by atoms with van der Waals surface area (Å²) in [6, 6.07) is 7.53. The molecule has 0 saturated carbocycles. The zero-order chi connectivity index (χ0) is 26.4. The van der Waals surface area contributed by atoms with Gasteiger partial charge in [-0.25, -0.2) is 9.37 Å². The normalized spacial score (nSPS) is 18.8. The molecule has 0 aliphatic carbocycles. The number of para-hydroxylation sites is 1. The Balaban J connectivity index is 1.50. The summed E-state index contributed by atoms with van der Waals surface area (Å²) >= 11 is 8.08. The second-order valence-electron chi connectivity index (χ2n) is 9.65. The van der Waals surface area contributed by atoms with Crippen molar-refractivity contribution in [1.29, 1.82) is 0 Å². The molecule has 38 heavy (non-hydrogen) atoms. The number of carbonyl (C=O) groups is 1. The number of nitrogens with zero attached hydrogens (tertiary/aromatic N) is 5. The van der Waals surface area contributed by atoms with Crippen LogP contribution in [0.4, 0.5) is 15.3 Å². The topological polar surface area (TPSA) is 110 Å². The zero-order valence-electron chi connectivity index (χ0n) is 20.8. The summed E-state index contributed by atoms with van der Waals surface area (Å²) in [7, 11) is 2.06. The Hall–Kier alpha value is -3.28. The number of rotatable bonds is 5. The SMILES string of the molecule is CN1CCC[C@H]1COc1nc(N2CCNC(=O)CC2)c2cc(Cl)c(-c3cccc4sc(N)nc34)c(F)c2n1. The minimum absolute atomic E-state index is 0.0336. The fourth-order valence-corrected chi connectivity index (χ4v) is 6.27. The van der Waals surface area contributed by atoms with Gasteiger partial charge in [0.2, 0.25) is 5.91 Å². The molecule has 9 nitrogen and oxygen atoms in total. The van der Waals surface area contributed by atoms with Crippen LogP contribution in [-0.2, 0) is 4.79 Å². The van der Waals surface area contributed by atoms with E-state index < -0.39 is 5.82 Å². The number of thiazole rings is 1. The maximum atomic E-state index is 16.4. The Morgan fingerprint density at radius 1 is 1.24 bits per heavy atom. The summed E-state index contributed by atoms with van der Waals surface area (Å²) < 4.78 is 23.3. The maximum Gasteiger partial charge on any atom is 0.319 e. The van der Waals surface area contributed by atoms with Crippen molar-refractivity contribution in [2.75, 3.05) is 50.5 Å². The number of ether oxygens (including phenoxy) is 1. The van der Waals surface area contributed by atoms with Crippen molar-refractivity contribution in [3.63, 3.8) is 0 Å². The molecule has 2 saturated heterocycles. The Labute approximate surface area is 227 Å². The molecule has 6 rings (SSSR count). The van der Waals surface area contributed by atoms with Crippen LogP contribution >= 0.6 is 22.9 Å². The molecule has 1 amide bonds. The number of fused-ring (bicyclic) bond motifs is 2. The molecule has 2 aliphatic heterocycles. The van der Waals surface area contributed by atoms with Crippen molar-refractivity contribution in [1.82, 2.24) is 25.2 Å². The number of aromatic nitrogens is 3. The Morgan fingerprint density at radius 2 is 2.11 bits per heavy atom. The summed E-state index contributed by atoms with van der Waals surface area (Å²) in [4.78, 5) is 29.8. The van der Waals surface area contributed by atoms with Crippen LogP contribution in [0.2, 0.25) is 5.02 Å². The average Bonchev–Trinajstić information content (AvgIpc) is 3.41. The third-order valence-electron chi connectivity index (χ3n) is 7.24. The average molecular weight is 556 g/mol. The second kappa shape index (κ2) is 10.1. The molecule has 12 heteroatoms. The zero-order valence-corrected chi connectivity index (χ0v) is 22.4. The Kier molecular flexibility index (Phi) is 6.67. The molecule has 0 radical (unpaired) electrons. The van der Waals surface area contributed by atoms with Crippen LogP contribution < -0.4 is 20.7 Å². The molecule has 0 bridgehead atoms. The fraction of sp³-hybridized carbons (Fsp3) is 0.385. The number of nitrogens with one attached hydrogen (secondary N) is 1. The summed E-state index contributed by atoms with van der Waals surface area (Å²) in [6.45, 7) is 2.81. The molecule has 0 spiro atoms. The van der Waals surface area contributed by atoms with Gasteiger partial charge in [-0.05, 0) is 38.6 Å². The number of likely N-dealkylation sites (N-methyl/N-ethyl adjacent to an activating group) is 1. The first-order valence-electron chi connectivity index (χ1n) is 12.6.